The summed E-state index contributed by atoms with van der Waals surface area (Å²) in [6.45, 7) is 13.1. The van der Waals surface area contributed by atoms with E-state index >= 15 is 0 Å². The van der Waals surface area contributed by atoms with Gasteiger partial charge in [0.2, 0.25) is 0 Å². The van der Waals surface area contributed by atoms with Crippen LogP contribution < -0.4 is 10.6 Å². The zero-order valence-electron chi connectivity index (χ0n) is 16.6. The fraction of sp³-hybridized carbons (Fsp3) is 0.611. The fourth-order valence-corrected chi connectivity index (χ4v) is 3.37. The molecule has 0 aromatic carbocycles. The summed E-state index contributed by atoms with van der Waals surface area (Å²) in [5.41, 5.74) is 3.44. The maximum atomic E-state index is 4.70. The summed E-state index contributed by atoms with van der Waals surface area (Å²) in [6, 6.07) is 2.10. The molecule has 2 aromatic rings. The monoisotopic (exact) mass is 490 g/mol. The zero-order chi connectivity index (χ0) is 18.4. The van der Waals surface area contributed by atoms with Gasteiger partial charge in [0.1, 0.15) is 0 Å². The molecule has 6 nitrogen and oxygen atoms in total. The van der Waals surface area contributed by atoms with E-state index in [1.165, 1.54) is 5.69 Å². The summed E-state index contributed by atoms with van der Waals surface area (Å²) < 4.78 is 2.05. The summed E-state index contributed by atoms with van der Waals surface area (Å²) in [5, 5.41) is 14.4. The minimum Gasteiger partial charge on any atom is -0.356 e. The SMILES string of the molecule is CN=C(NCCCn1nc(C)cc1C)NCc1csc(C(C)(C)C)n1.I. The first-order valence-electron chi connectivity index (χ1n) is 8.70. The van der Waals surface area contributed by atoms with Gasteiger partial charge in [0.25, 0.3) is 0 Å². The van der Waals surface area contributed by atoms with Crippen LogP contribution in [0.2, 0.25) is 0 Å². The molecule has 2 heterocycles. The van der Waals surface area contributed by atoms with E-state index in [1.54, 1.807) is 18.4 Å². The number of hydrogen-bond acceptors (Lipinski definition) is 4. The molecule has 0 aliphatic carbocycles. The number of nitrogens with zero attached hydrogens (tertiary/aromatic N) is 4. The van der Waals surface area contributed by atoms with Gasteiger partial charge in [-0.15, -0.1) is 35.3 Å². The van der Waals surface area contributed by atoms with Crippen LogP contribution in [0.15, 0.2) is 16.4 Å². The first kappa shape index (κ1) is 22.9. The molecule has 0 aliphatic heterocycles. The molecule has 8 heteroatoms. The number of guanidine groups is 1. The van der Waals surface area contributed by atoms with Crippen LogP contribution in [0.3, 0.4) is 0 Å². The molecule has 0 radical (unpaired) electrons. The molecule has 0 amide bonds. The van der Waals surface area contributed by atoms with Crippen LogP contribution in [0, 0.1) is 13.8 Å². The van der Waals surface area contributed by atoms with Crippen LogP contribution in [-0.4, -0.2) is 34.3 Å². The fourth-order valence-electron chi connectivity index (χ4n) is 2.46. The normalized spacial score (nSPS) is 12.0. The standard InChI is InChI=1S/C18H30N6S.HI/c1-13-10-14(2)24(23-13)9-7-8-20-17(19-6)21-11-15-12-25-16(22-15)18(3,4)5;/h10,12H,7-9,11H2,1-6H3,(H2,19,20,21);1H. The lowest BCUT2D eigenvalue weighted by Crippen LogP contribution is -2.37. The molecule has 0 fully saturated rings. The van der Waals surface area contributed by atoms with E-state index in [0.717, 1.165) is 41.9 Å². The molecule has 0 saturated carbocycles. The zero-order valence-corrected chi connectivity index (χ0v) is 19.7. The second-order valence-electron chi connectivity index (χ2n) is 7.25. The van der Waals surface area contributed by atoms with E-state index in [-0.39, 0.29) is 29.4 Å². The second-order valence-corrected chi connectivity index (χ2v) is 8.11. The predicted octanol–water partition coefficient (Wildman–Crippen LogP) is 3.63. The number of hydrogen-bond donors (Lipinski definition) is 2. The van der Waals surface area contributed by atoms with Gasteiger partial charge in [-0.3, -0.25) is 9.67 Å². The molecular formula is C18H31IN6S. The Morgan fingerprint density at radius 3 is 2.54 bits per heavy atom. The third-order valence-electron chi connectivity index (χ3n) is 3.80. The maximum absolute atomic E-state index is 4.70. The molecule has 0 aliphatic rings. The average Bonchev–Trinajstić information content (AvgIpc) is 3.13. The number of thiazole rings is 1. The van der Waals surface area contributed by atoms with Gasteiger partial charge >= 0.3 is 0 Å². The van der Waals surface area contributed by atoms with Crippen molar-refractivity contribution in [3.63, 3.8) is 0 Å². The summed E-state index contributed by atoms with van der Waals surface area (Å²) in [6.07, 6.45) is 0.994. The third kappa shape index (κ3) is 6.86. The van der Waals surface area contributed by atoms with Gasteiger partial charge in [-0.05, 0) is 26.3 Å². The highest BCUT2D eigenvalue weighted by Gasteiger charge is 2.17. The van der Waals surface area contributed by atoms with E-state index in [1.807, 2.05) is 6.92 Å². The van der Waals surface area contributed by atoms with E-state index < -0.39 is 0 Å². The van der Waals surface area contributed by atoms with Crippen molar-refractivity contribution in [2.24, 2.45) is 4.99 Å². The number of halogens is 1. The molecule has 2 N–H and O–H groups in total. The Labute approximate surface area is 177 Å². The van der Waals surface area contributed by atoms with E-state index in [2.05, 4.69) is 64.5 Å². The van der Waals surface area contributed by atoms with Crippen LogP contribution in [0.1, 0.15) is 49.3 Å². The Bertz CT molecular complexity index is 714. The highest BCUT2D eigenvalue weighted by Crippen LogP contribution is 2.25. The van der Waals surface area contributed by atoms with Crippen LogP contribution >= 0.6 is 35.3 Å². The van der Waals surface area contributed by atoms with Crippen molar-refractivity contribution >= 4 is 41.3 Å². The van der Waals surface area contributed by atoms with Gasteiger partial charge in [0, 0.05) is 36.6 Å². The molecule has 2 rings (SSSR count). The van der Waals surface area contributed by atoms with Gasteiger partial charge in [-0.1, -0.05) is 20.8 Å². The van der Waals surface area contributed by atoms with Crippen LogP contribution in [0.5, 0.6) is 0 Å². The molecule has 26 heavy (non-hydrogen) atoms. The number of aliphatic imine (C=N–C) groups is 1. The van der Waals surface area contributed by atoms with Crippen LogP contribution in [-0.2, 0) is 18.5 Å². The first-order valence-corrected chi connectivity index (χ1v) is 9.58. The molecular weight excluding hydrogens is 459 g/mol. The Kier molecular flexibility index (Phi) is 9.02. The molecule has 146 valence electrons. The van der Waals surface area contributed by atoms with Crippen molar-refractivity contribution in [3.8, 4) is 0 Å². The largest absolute Gasteiger partial charge is 0.356 e. The van der Waals surface area contributed by atoms with Gasteiger partial charge in [0.05, 0.1) is 22.9 Å². The van der Waals surface area contributed by atoms with Crippen molar-refractivity contribution in [1.29, 1.82) is 0 Å². The Hall–Kier alpha value is -1.16. The lowest BCUT2D eigenvalue weighted by atomic mass is 9.98. The quantitative estimate of drug-likeness (QED) is 0.281. The summed E-state index contributed by atoms with van der Waals surface area (Å²) >= 11 is 1.72. The molecule has 0 unspecified atom stereocenters. The molecule has 2 aromatic heterocycles. The summed E-state index contributed by atoms with van der Waals surface area (Å²) in [7, 11) is 1.79. The Balaban J connectivity index is 0.00000338. The summed E-state index contributed by atoms with van der Waals surface area (Å²) in [5.74, 6) is 0.804. The number of aryl methyl sites for hydroxylation is 3. The van der Waals surface area contributed by atoms with E-state index in [4.69, 9.17) is 4.98 Å². The Morgan fingerprint density at radius 1 is 1.27 bits per heavy atom. The predicted molar refractivity (Wildman–Crippen MR) is 121 cm³/mol. The Morgan fingerprint density at radius 2 is 2.00 bits per heavy atom. The second kappa shape index (κ2) is 10.2. The molecule has 0 bridgehead atoms. The van der Waals surface area contributed by atoms with E-state index in [0.29, 0.717) is 6.54 Å². The lowest BCUT2D eigenvalue weighted by Gasteiger charge is -2.14. The number of rotatable bonds is 6. The number of aromatic nitrogens is 3. The van der Waals surface area contributed by atoms with Crippen molar-refractivity contribution in [1.82, 2.24) is 25.4 Å². The van der Waals surface area contributed by atoms with Crippen molar-refractivity contribution in [3.05, 3.63) is 33.5 Å². The highest BCUT2D eigenvalue weighted by molar-refractivity contribution is 14.0. The van der Waals surface area contributed by atoms with Gasteiger partial charge in [-0.2, -0.15) is 5.10 Å². The van der Waals surface area contributed by atoms with Crippen LogP contribution in [0.4, 0.5) is 0 Å². The number of nitrogens with one attached hydrogen (secondary N) is 2. The average molecular weight is 490 g/mol. The highest BCUT2D eigenvalue weighted by atomic mass is 127. The van der Waals surface area contributed by atoms with E-state index in [9.17, 15) is 0 Å². The smallest absolute Gasteiger partial charge is 0.191 e. The lowest BCUT2D eigenvalue weighted by molar-refractivity contribution is 0.555. The van der Waals surface area contributed by atoms with Crippen molar-refractivity contribution in [2.75, 3.05) is 13.6 Å². The van der Waals surface area contributed by atoms with Crippen LogP contribution in [0.25, 0.3) is 0 Å². The minimum absolute atomic E-state index is 0. The van der Waals surface area contributed by atoms with Gasteiger partial charge in [-0.25, -0.2) is 4.98 Å². The minimum atomic E-state index is 0. The topological polar surface area (TPSA) is 67.1 Å². The maximum Gasteiger partial charge on any atom is 0.191 e. The van der Waals surface area contributed by atoms with Crippen molar-refractivity contribution < 1.29 is 0 Å². The first-order chi connectivity index (χ1) is 11.8. The van der Waals surface area contributed by atoms with Crippen molar-refractivity contribution in [2.45, 2.75) is 59.5 Å². The third-order valence-corrected chi connectivity index (χ3v) is 5.11. The molecule has 0 atom stereocenters. The van der Waals surface area contributed by atoms with Gasteiger partial charge in [0.15, 0.2) is 5.96 Å². The summed E-state index contributed by atoms with van der Waals surface area (Å²) in [4.78, 5) is 8.97. The molecule has 0 spiro atoms. The molecule has 0 saturated heterocycles. The van der Waals surface area contributed by atoms with Gasteiger partial charge < -0.3 is 10.6 Å².